The van der Waals surface area contributed by atoms with Gasteiger partial charge in [-0.1, -0.05) is 0 Å². The van der Waals surface area contributed by atoms with Crippen LogP contribution in [0.3, 0.4) is 0 Å². The molecule has 0 radical (unpaired) electrons. The molecule has 0 spiro atoms. The zero-order chi connectivity index (χ0) is 16.5. The van der Waals surface area contributed by atoms with E-state index >= 15 is 0 Å². The van der Waals surface area contributed by atoms with Crippen LogP contribution >= 0.6 is 11.3 Å². The molecule has 2 aromatic heterocycles. The Labute approximate surface area is 142 Å². The molecule has 0 amide bonds. The largest absolute Gasteiger partial charge is 0.368 e. The Hall–Kier alpha value is -1.54. The maximum absolute atomic E-state index is 13.9. The lowest BCUT2D eigenvalue weighted by Crippen LogP contribution is -2.26. The van der Waals surface area contributed by atoms with Crippen molar-refractivity contribution in [1.82, 2.24) is 15.3 Å². The number of anilines is 2. The van der Waals surface area contributed by atoms with Gasteiger partial charge in [-0.3, -0.25) is 0 Å². The van der Waals surface area contributed by atoms with E-state index in [2.05, 4.69) is 20.2 Å². The van der Waals surface area contributed by atoms with Gasteiger partial charge in [-0.15, -0.1) is 11.3 Å². The summed E-state index contributed by atoms with van der Waals surface area (Å²) in [6.07, 6.45) is 0.107. The average Bonchev–Trinajstić information content (AvgIpc) is 3.18. The lowest BCUT2D eigenvalue weighted by Gasteiger charge is -2.21. The average molecular weight is 351 g/mol. The summed E-state index contributed by atoms with van der Waals surface area (Å²) < 4.78 is 28.6. The molecule has 0 aromatic carbocycles. The molecule has 5 nitrogen and oxygen atoms in total. The van der Waals surface area contributed by atoms with E-state index in [0.717, 1.165) is 41.6 Å². The molecule has 3 aliphatic rings. The fourth-order valence-electron chi connectivity index (χ4n) is 4.34. The molecule has 0 saturated carbocycles. The summed E-state index contributed by atoms with van der Waals surface area (Å²) in [4.78, 5) is 12.1. The molecule has 2 unspecified atom stereocenters. The van der Waals surface area contributed by atoms with Crippen LogP contribution in [0.1, 0.15) is 16.9 Å². The van der Waals surface area contributed by atoms with Gasteiger partial charge in [0.2, 0.25) is 5.95 Å². The van der Waals surface area contributed by atoms with Gasteiger partial charge in [-0.05, 0) is 23.8 Å². The fraction of sp³-hybridized carbons (Fsp3) is 0.625. The highest BCUT2D eigenvalue weighted by molar-refractivity contribution is 7.19. The van der Waals surface area contributed by atoms with Gasteiger partial charge in [0, 0.05) is 43.9 Å². The number of halogens is 2. The molecule has 2 saturated heterocycles. The number of nitrogen functional groups attached to an aromatic ring is 1. The van der Waals surface area contributed by atoms with E-state index in [-0.39, 0.29) is 18.8 Å². The number of nitrogens with two attached hydrogens (primary N) is 1. The van der Waals surface area contributed by atoms with Crippen molar-refractivity contribution in [3.05, 3.63) is 10.4 Å². The van der Waals surface area contributed by atoms with Crippen LogP contribution in [0.5, 0.6) is 0 Å². The zero-order valence-corrected chi connectivity index (χ0v) is 14.0. The molecule has 8 heteroatoms. The van der Waals surface area contributed by atoms with E-state index in [0.29, 0.717) is 29.3 Å². The van der Waals surface area contributed by atoms with Gasteiger partial charge < -0.3 is 16.0 Å². The third kappa shape index (κ3) is 2.19. The molecule has 2 fully saturated rings. The first-order valence-electron chi connectivity index (χ1n) is 8.41. The topological polar surface area (TPSA) is 67.1 Å². The molecular weight excluding hydrogens is 332 g/mol. The van der Waals surface area contributed by atoms with Crippen molar-refractivity contribution in [2.24, 2.45) is 11.8 Å². The van der Waals surface area contributed by atoms with Gasteiger partial charge in [0.25, 0.3) is 5.92 Å². The number of rotatable bonds is 1. The number of hydrogen-bond acceptors (Lipinski definition) is 6. The first-order chi connectivity index (χ1) is 11.5. The fourth-order valence-corrected chi connectivity index (χ4v) is 5.62. The normalized spacial score (nSPS) is 28.3. The predicted molar refractivity (Wildman–Crippen MR) is 90.9 cm³/mol. The predicted octanol–water partition coefficient (Wildman–Crippen LogP) is 2.05. The molecule has 2 aromatic rings. The van der Waals surface area contributed by atoms with Crippen molar-refractivity contribution < 1.29 is 8.78 Å². The Morgan fingerprint density at radius 3 is 2.71 bits per heavy atom. The van der Waals surface area contributed by atoms with Gasteiger partial charge in [-0.2, -0.15) is 4.98 Å². The Morgan fingerprint density at radius 2 is 1.96 bits per heavy atom. The number of alkyl halides is 2. The molecule has 4 heterocycles. The summed E-state index contributed by atoms with van der Waals surface area (Å²) in [6.45, 7) is 3.97. The van der Waals surface area contributed by atoms with Crippen LogP contribution in [0, 0.1) is 11.8 Å². The minimum atomic E-state index is -2.64. The highest BCUT2D eigenvalue weighted by Gasteiger charge is 2.40. The number of nitrogens with zero attached hydrogens (tertiary/aromatic N) is 3. The Kier molecular flexibility index (Phi) is 3.07. The molecular formula is C16H19F2N5S. The number of fused-ring (bicyclic) bond motifs is 4. The second-order valence-corrected chi connectivity index (χ2v) is 8.31. The molecule has 3 N–H and O–H groups in total. The summed E-state index contributed by atoms with van der Waals surface area (Å²) in [5.41, 5.74) is 7.25. The quantitative estimate of drug-likeness (QED) is 0.823. The number of aromatic nitrogens is 2. The molecule has 2 aliphatic heterocycles. The molecule has 2 atom stereocenters. The molecule has 0 bridgehead atoms. The van der Waals surface area contributed by atoms with Crippen LogP contribution in [0.4, 0.5) is 20.5 Å². The number of hydrogen-bond donors (Lipinski definition) is 2. The monoisotopic (exact) mass is 351 g/mol. The van der Waals surface area contributed by atoms with E-state index in [1.807, 2.05) is 0 Å². The minimum Gasteiger partial charge on any atom is -0.368 e. The van der Waals surface area contributed by atoms with Crippen molar-refractivity contribution in [3.8, 4) is 0 Å². The van der Waals surface area contributed by atoms with Crippen LogP contribution in [-0.2, 0) is 12.8 Å². The van der Waals surface area contributed by atoms with Crippen molar-refractivity contribution >= 4 is 33.3 Å². The van der Waals surface area contributed by atoms with E-state index in [1.165, 1.54) is 0 Å². The van der Waals surface area contributed by atoms with Crippen molar-refractivity contribution in [1.29, 1.82) is 0 Å². The molecule has 1 aliphatic carbocycles. The van der Waals surface area contributed by atoms with Crippen molar-refractivity contribution in [2.75, 3.05) is 36.8 Å². The van der Waals surface area contributed by atoms with Crippen LogP contribution < -0.4 is 16.0 Å². The highest BCUT2D eigenvalue weighted by atomic mass is 32.1. The van der Waals surface area contributed by atoms with E-state index < -0.39 is 5.92 Å². The lowest BCUT2D eigenvalue weighted by molar-refractivity contribution is -0.0113. The second-order valence-electron chi connectivity index (χ2n) is 7.20. The Bertz CT molecular complexity index is 808. The molecule has 24 heavy (non-hydrogen) atoms. The van der Waals surface area contributed by atoms with Crippen molar-refractivity contribution in [2.45, 2.75) is 25.2 Å². The van der Waals surface area contributed by atoms with Crippen LogP contribution in [0.25, 0.3) is 10.2 Å². The van der Waals surface area contributed by atoms with Crippen LogP contribution in [-0.4, -0.2) is 42.1 Å². The van der Waals surface area contributed by atoms with E-state index in [1.54, 1.807) is 11.3 Å². The third-order valence-electron chi connectivity index (χ3n) is 5.55. The summed E-state index contributed by atoms with van der Waals surface area (Å²) >= 11 is 1.58. The molecule has 128 valence electrons. The van der Waals surface area contributed by atoms with Gasteiger partial charge in [-0.25, -0.2) is 13.8 Å². The minimum absolute atomic E-state index is 0.0788. The number of aryl methyl sites for hydroxylation is 1. The van der Waals surface area contributed by atoms with E-state index in [9.17, 15) is 8.78 Å². The van der Waals surface area contributed by atoms with Crippen molar-refractivity contribution in [3.63, 3.8) is 0 Å². The SMILES string of the molecule is Nc1nc(N2CC3CNCC3C2)c2sc3c(c2n1)CC(F)(F)CC3. The maximum atomic E-state index is 13.9. The van der Waals surface area contributed by atoms with Gasteiger partial charge in [0.15, 0.2) is 5.82 Å². The second kappa shape index (κ2) is 4.98. The van der Waals surface area contributed by atoms with E-state index in [4.69, 9.17) is 5.73 Å². The Morgan fingerprint density at radius 1 is 1.21 bits per heavy atom. The smallest absolute Gasteiger partial charge is 0.252 e. The lowest BCUT2D eigenvalue weighted by atomic mass is 9.95. The first kappa shape index (κ1) is 14.8. The standard InChI is InChI=1S/C16H19F2N5S/c17-16(18)2-1-11-10(3-16)12-13(24-11)14(22-15(19)21-12)23-6-8-4-20-5-9(8)7-23/h8-9,20H,1-7H2,(H2,19,21,22). The van der Waals surface area contributed by atoms with Gasteiger partial charge in [0.05, 0.1) is 10.2 Å². The van der Waals surface area contributed by atoms with Crippen LogP contribution in [0.2, 0.25) is 0 Å². The molecule has 5 rings (SSSR count). The zero-order valence-electron chi connectivity index (χ0n) is 13.2. The summed E-state index contributed by atoms with van der Waals surface area (Å²) in [6, 6.07) is 0. The number of nitrogens with one attached hydrogen (secondary N) is 1. The summed E-state index contributed by atoms with van der Waals surface area (Å²) in [5, 5.41) is 3.43. The summed E-state index contributed by atoms with van der Waals surface area (Å²) in [5.74, 6) is -0.348. The highest BCUT2D eigenvalue weighted by Crippen LogP contribution is 2.44. The maximum Gasteiger partial charge on any atom is 0.252 e. The first-order valence-corrected chi connectivity index (χ1v) is 9.23. The summed E-state index contributed by atoms with van der Waals surface area (Å²) in [7, 11) is 0. The number of thiophene rings is 1. The van der Waals surface area contributed by atoms with Crippen LogP contribution in [0.15, 0.2) is 0 Å². The third-order valence-corrected chi connectivity index (χ3v) is 6.83. The van der Waals surface area contributed by atoms with Gasteiger partial charge in [0.1, 0.15) is 0 Å². The Balaban J connectivity index is 1.61. The van der Waals surface area contributed by atoms with Gasteiger partial charge >= 0.3 is 0 Å².